The Kier molecular flexibility index (Phi) is 6.27. The average molecular weight is 491 g/mol. The van der Waals surface area contributed by atoms with E-state index in [-0.39, 0.29) is 11.9 Å². The van der Waals surface area contributed by atoms with Gasteiger partial charge in [-0.25, -0.2) is 14.8 Å². The first kappa shape index (κ1) is 23.6. The number of aromatic nitrogens is 4. The van der Waals surface area contributed by atoms with Crippen LogP contribution in [0.2, 0.25) is 0 Å². The molecule has 4 aliphatic rings. The first-order valence-electron chi connectivity index (χ1n) is 14.0. The number of rotatable bonds is 7. The summed E-state index contributed by atoms with van der Waals surface area (Å²) in [6.45, 7) is 3.03. The Hall–Kier alpha value is -2.82. The van der Waals surface area contributed by atoms with Gasteiger partial charge in [0.25, 0.3) is 0 Å². The number of carbonyl (C=O) groups is 1. The summed E-state index contributed by atoms with van der Waals surface area (Å²) >= 11 is 0. The van der Waals surface area contributed by atoms with Gasteiger partial charge in [0.15, 0.2) is 11.5 Å². The summed E-state index contributed by atoms with van der Waals surface area (Å²) in [5, 5.41) is 13.4. The topological polar surface area (TPSA) is 96.2 Å². The molecule has 8 nitrogen and oxygen atoms in total. The Morgan fingerprint density at radius 1 is 1.03 bits per heavy atom. The maximum Gasteiger partial charge on any atom is 0.374 e. The van der Waals surface area contributed by atoms with E-state index in [1.54, 1.807) is 0 Å². The summed E-state index contributed by atoms with van der Waals surface area (Å²) in [7, 11) is 0. The number of carboxylic acid groups (broad SMARTS) is 1. The SMILES string of the molecule is C#CC1CCC(Cn2c(N3C4CCCC3CC4)nc3nc(C(=O)O)nc(NC(C)C4CCC4)c32)CC1. The van der Waals surface area contributed by atoms with Gasteiger partial charge in [0, 0.05) is 30.6 Å². The lowest BCUT2D eigenvalue weighted by Gasteiger charge is -2.37. The molecule has 2 aromatic rings. The quantitative estimate of drug-likeness (QED) is 0.522. The fourth-order valence-corrected chi connectivity index (χ4v) is 7.08. The van der Waals surface area contributed by atoms with Gasteiger partial charge in [0.1, 0.15) is 5.52 Å². The molecule has 2 N–H and O–H groups in total. The van der Waals surface area contributed by atoms with Crippen LogP contribution in [-0.2, 0) is 6.54 Å². The van der Waals surface area contributed by atoms with Crippen LogP contribution in [0.3, 0.4) is 0 Å². The second-order valence-electron chi connectivity index (χ2n) is 11.6. The molecule has 4 heterocycles. The molecule has 6 rings (SSSR count). The molecule has 8 heteroatoms. The Bertz CT molecular complexity index is 1160. The highest BCUT2D eigenvalue weighted by Gasteiger charge is 2.40. The predicted octanol–water partition coefficient (Wildman–Crippen LogP) is 5.09. The number of nitrogens with zero attached hydrogens (tertiary/aromatic N) is 5. The van der Waals surface area contributed by atoms with Crippen LogP contribution in [0.1, 0.15) is 94.6 Å². The van der Waals surface area contributed by atoms with Crippen LogP contribution in [0.25, 0.3) is 11.2 Å². The Morgan fingerprint density at radius 2 is 1.72 bits per heavy atom. The third-order valence-corrected chi connectivity index (χ3v) is 9.44. The lowest BCUT2D eigenvalue weighted by molar-refractivity contribution is 0.0684. The van der Waals surface area contributed by atoms with Crippen LogP contribution >= 0.6 is 0 Å². The highest BCUT2D eigenvalue weighted by atomic mass is 16.4. The Morgan fingerprint density at radius 3 is 2.33 bits per heavy atom. The van der Waals surface area contributed by atoms with Crippen LogP contribution in [0, 0.1) is 30.1 Å². The van der Waals surface area contributed by atoms with E-state index < -0.39 is 5.97 Å². The van der Waals surface area contributed by atoms with Crippen LogP contribution in [0.15, 0.2) is 0 Å². The van der Waals surface area contributed by atoms with Crippen LogP contribution in [0.5, 0.6) is 0 Å². The van der Waals surface area contributed by atoms with E-state index in [0.717, 1.165) is 43.7 Å². The number of hydrogen-bond acceptors (Lipinski definition) is 6. The number of hydrogen-bond donors (Lipinski definition) is 2. The molecular formula is C28H38N6O2. The standard InChI is InChI=1S/C28H38N6O2/c1-3-18-10-12-19(13-11-18)16-33-23-24(29-17(2)20-6-4-7-20)30-26(27(35)36)31-25(23)32-28(33)34-21-8-5-9-22(34)15-14-21/h1,17-22H,4-16H2,2H3,(H,35,36)(H,29,30,31). The third kappa shape index (κ3) is 4.21. The fraction of sp³-hybridized carbons (Fsp3) is 0.714. The summed E-state index contributed by atoms with van der Waals surface area (Å²) < 4.78 is 2.34. The maximum atomic E-state index is 12.0. The zero-order chi connectivity index (χ0) is 24.8. The van der Waals surface area contributed by atoms with E-state index in [1.807, 2.05) is 0 Å². The molecule has 0 spiro atoms. The van der Waals surface area contributed by atoms with Crippen molar-refractivity contribution in [3.8, 4) is 12.3 Å². The van der Waals surface area contributed by atoms with Crippen molar-refractivity contribution < 1.29 is 9.90 Å². The number of aromatic carboxylic acids is 1. The number of fused-ring (bicyclic) bond motifs is 3. The number of anilines is 2. The van der Waals surface area contributed by atoms with Crippen molar-refractivity contribution in [2.24, 2.45) is 17.8 Å². The van der Waals surface area contributed by atoms with Gasteiger partial charge in [-0.15, -0.1) is 12.3 Å². The monoisotopic (exact) mass is 490 g/mol. The lowest BCUT2D eigenvalue weighted by Crippen LogP contribution is -2.41. The molecule has 3 atom stereocenters. The smallest absolute Gasteiger partial charge is 0.374 e. The molecular weight excluding hydrogens is 452 g/mol. The minimum absolute atomic E-state index is 0.182. The van der Waals surface area contributed by atoms with Crippen molar-refractivity contribution in [2.45, 2.75) is 109 Å². The van der Waals surface area contributed by atoms with Gasteiger partial charge < -0.3 is 19.9 Å². The number of piperidine rings is 1. The number of nitrogens with one attached hydrogen (secondary N) is 1. The second-order valence-corrected chi connectivity index (χ2v) is 11.6. The first-order valence-corrected chi connectivity index (χ1v) is 14.0. The van der Waals surface area contributed by atoms with Crippen molar-refractivity contribution in [3.05, 3.63) is 5.82 Å². The zero-order valence-electron chi connectivity index (χ0n) is 21.3. The van der Waals surface area contributed by atoms with Crippen LogP contribution < -0.4 is 10.2 Å². The minimum atomic E-state index is -1.11. The van der Waals surface area contributed by atoms with E-state index >= 15 is 0 Å². The molecule has 192 valence electrons. The predicted molar refractivity (Wildman–Crippen MR) is 140 cm³/mol. The van der Waals surface area contributed by atoms with Crippen molar-refractivity contribution in [1.29, 1.82) is 0 Å². The largest absolute Gasteiger partial charge is 0.475 e. The molecule has 3 unspecified atom stereocenters. The van der Waals surface area contributed by atoms with E-state index in [9.17, 15) is 9.90 Å². The molecule has 2 aliphatic heterocycles. The van der Waals surface area contributed by atoms with Crippen molar-refractivity contribution in [1.82, 2.24) is 19.5 Å². The third-order valence-electron chi connectivity index (χ3n) is 9.44. The molecule has 2 saturated carbocycles. The van der Waals surface area contributed by atoms with Crippen molar-refractivity contribution in [3.63, 3.8) is 0 Å². The Labute approximate surface area is 213 Å². The van der Waals surface area contributed by atoms with Crippen molar-refractivity contribution >= 4 is 28.9 Å². The molecule has 2 saturated heterocycles. The Balaban J connectivity index is 1.44. The summed E-state index contributed by atoms with van der Waals surface area (Å²) in [6, 6.07) is 1.24. The number of terminal acetylenes is 1. The first-order chi connectivity index (χ1) is 17.5. The van der Waals surface area contributed by atoms with Gasteiger partial charge in [0.05, 0.1) is 0 Å². The molecule has 2 aromatic heterocycles. The van der Waals surface area contributed by atoms with E-state index in [1.165, 1.54) is 51.4 Å². The molecule has 0 radical (unpaired) electrons. The van der Waals surface area contributed by atoms with Crippen molar-refractivity contribution in [2.75, 3.05) is 10.2 Å². The molecule has 0 aromatic carbocycles. The fourth-order valence-electron chi connectivity index (χ4n) is 7.08. The normalized spacial score (nSPS) is 29.1. The molecule has 36 heavy (non-hydrogen) atoms. The van der Waals surface area contributed by atoms with E-state index in [2.05, 4.69) is 37.6 Å². The van der Waals surface area contributed by atoms with Gasteiger partial charge in [-0.1, -0.05) is 6.42 Å². The highest BCUT2D eigenvalue weighted by molar-refractivity contribution is 5.91. The summed E-state index contributed by atoms with van der Waals surface area (Å²) in [5.41, 5.74) is 1.37. The van der Waals surface area contributed by atoms with Gasteiger partial charge in [-0.3, -0.25) is 0 Å². The van der Waals surface area contributed by atoms with Crippen LogP contribution in [0.4, 0.5) is 11.8 Å². The van der Waals surface area contributed by atoms with Gasteiger partial charge >= 0.3 is 5.97 Å². The summed E-state index contributed by atoms with van der Waals surface area (Å²) in [6.07, 6.45) is 19.8. The minimum Gasteiger partial charge on any atom is -0.475 e. The lowest BCUT2D eigenvalue weighted by atomic mass is 9.80. The summed E-state index contributed by atoms with van der Waals surface area (Å²) in [5.74, 6) is 4.74. The van der Waals surface area contributed by atoms with Gasteiger partial charge in [0.2, 0.25) is 11.8 Å². The number of imidazole rings is 1. The van der Waals surface area contributed by atoms with E-state index in [4.69, 9.17) is 11.4 Å². The number of carboxylic acids is 1. The summed E-state index contributed by atoms with van der Waals surface area (Å²) in [4.78, 5) is 28.6. The average Bonchev–Trinajstić information content (AvgIpc) is 3.30. The zero-order valence-corrected chi connectivity index (χ0v) is 21.3. The van der Waals surface area contributed by atoms with E-state index in [0.29, 0.717) is 41.3 Å². The highest BCUT2D eigenvalue weighted by Crippen LogP contribution is 2.42. The van der Waals surface area contributed by atoms with Crippen LogP contribution in [-0.4, -0.2) is 48.7 Å². The van der Waals surface area contributed by atoms with Gasteiger partial charge in [-0.2, -0.15) is 4.98 Å². The molecule has 4 fully saturated rings. The molecule has 2 bridgehead atoms. The second kappa shape index (κ2) is 9.57. The van der Waals surface area contributed by atoms with Gasteiger partial charge in [-0.05, 0) is 89.4 Å². The molecule has 2 aliphatic carbocycles. The molecule has 0 amide bonds. The maximum absolute atomic E-state index is 12.0.